The largest absolute Gasteiger partial charge is 0.449 e. The Morgan fingerprint density at radius 3 is 2.74 bits per heavy atom. The number of fused-ring (bicyclic) bond motifs is 1. The van der Waals surface area contributed by atoms with Crippen LogP contribution < -0.4 is 10.2 Å². The van der Waals surface area contributed by atoms with Gasteiger partial charge in [0, 0.05) is 63.5 Å². The molecule has 2 aromatic heterocycles. The molecule has 0 aliphatic carbocycles. The molecule has 27 heavy (non-hydrogen) atoms. The zero-order chi connectivity index (χ0) is 18.6. The zero-order valence-corrected chi connectivity index (χ0v) is 15.5. The number of anilines is 1. The van der Waals surface area contributed by atoms with Crippen LogP contribution in [0, 0.1) is 0 Å². The van der Waals surface area contributed by atoms with E-state index in [-0.39, 0.29) is 5.91 Å². The summed E-state index contributed by atoms with van der Waals surface area (Å²) in [6.45, 7) is 4.92. The molecule has 1 N–H and O–H groups in total. The molecule has 0 radical (unpaired) electrons. The summed E-state index contributed by atoms with van der Waals surface area (Å²) >= 11 is 0. The van der Waals surface area contributed by atoms with Crippen LogP contribution in [0.3, 0.4) is 0 Å². The maximum absolute atomic E-state index is 11.9. The number of nitrogens with zero attached hydrogens (tertiary/aromatic N) is 3. The minimum absolute atomic E-state index is 0.198. The number of nitrogens with one attached hydrogen (secondary N) is 1. The summed E-state index contributed by atoms with van der Waals surface area (Å²) in [5.41, 5.74) is 2.99. The SMILES string of the molecule is CNC(=O)c1cc2cccc(N3CCN(CCc4ccccn4)CC3)c2o1. The minimum Gasteiger partial charge on any atom is -0.449 e. The molecule has 1 aliphatic heterocycles. The molecule has 1 aliphatic rings. The summed E-state index contributed by atoms with van der Waals surface area (Å²) in [4.78, 5) is 21.1. The van der Waals surface area contributed by atoms with E-state index < -0.39 is 0 Å². The molecule has 140 valence electrons. The van der Waals surface area contributed by atoms with Crippen molar-refractivity contribution in [2.24, 2.45) is 0 Å². The quantitative estimate of drug-likeness (QED) is 0.754. The molecular weight excluding hydrogens is 340 g/mol. The van der Waals surface area contributed by atoms with E-state index in [9.17, 15) is 4.79 Å². The van der Waals surface area contributed by atoms with E-state index in [1.54, 1.807) is 13.1 Å². The Balaban J connectivity index is 1.42. The van der Waals surface area contributed by atoms with E-state index in [2.05, 4.69) is 32.2 Å². The first kappa shape index (κ1) is 17.5. The van der Waals surface area contributed by atoms with Crippen LogP contribution in [0.5, 0.6) is 0 Å². The second-order valence-corrected chi connectivity index (χ2v) is 6.79. The molecule has 0 saturated carbocycles. The molecule has 1 saturated heterocycles. The second kappa shape index (κ2) is 7.80. The third kappa shape index (κ3) is 3.80. The van der Waals surface area contributed by atoms with Crippen molar-refractivity contribution in [2.75, 3.05) is 44.7 Å². The molecule has 6 heteroatoms. The highest BCUT2D eigenvalue weighted by atomic mass is 16.3. The van der Waals surface area contributed by atoms with Crippen LogP contribution in [-0.4, -0.2) is 55.6 Å². The summed E-state index contributed by atoms with van der Waals surface area (Å²) in [6, 6.07) is 14.0. The fourth-order valence-electron chi connectivity index (χ4n) is 3.56. The second-order valence-electron chi connectivity index (χ2n) is 6.79. The van der Waals surface area contributed by atoms with Crippen LogP contribution in [0.2, 0.25) is 0 Å². The van der Waals surface area contributed by atoms with Gasteiger partial charge in [-0.05, 0) is 24.3 Å². The predicted molar refractivity (Wildman–Crippen MR) is 106 cm³/mol. The van der Waals surface area contributed by atoms with E-state index in [4.69, 9.17) is 4.42 Å². The first-order chi connectivity index (χ1) is 13.2. The van der Waals surface area contributed by atoms with Gasteiger partial charge in [0.05, 0.1) is 5.69 Å². The molecule has 3 aromatic rings. The minimum atomic E-state index is -0.198. The van der Waals surface area contributed by atoms with Crippen molar-refractivity contribution in [3.63, 3.8) is 0 Å². The number of carbonyl (C=O) groups excluding carboxylic acids is 1. The topological polar surface area (TPSA) is 61.6 Å². The maximum Gasteiger partial charge on any atom is 0.286 e. The van der Waals surface area contributed by atoms with Crippen molar-refractivity contribution in [1.29, 1.82) is 0 Å². The monoisotopic (exact) mass is 364 g/mol. The average Bonchev–Trinajstić information content (AvgIpc) is 3.17. The van der Waals surface area contributed by atoms with Gasteiger partial charge < -0.3 is 14.6 Å². The van der Waals surface area contributed by atoms with Gasteiger partial charge in [-0.1, -0.05) is 18.2 Å². The van der Waals surface area contributed by atoms with Crippen LogP contribution in [0.1, 0.15) is 16.2 Å². The van der Waals surface area contributed by atoms with Gasteiger partial charge in [-0.25, -0.2) is 0 Å². The lowest BCUT2D eigenvalue weighted by molar-refractivity contribution is 0.0938. The van der Waals surface area contributed by atoms with E-state index in [1.165, 1.54) is 0 Å². The van der Waals surface area contributed by atoms with Gasteiger partial charge in [0.25, 0.3) is 5.91 Å². The third-order valence-corrected chi connectivity index (χ3v) is 5.10. The fraction of sp³-hybridized carbons (Fsp3) is 0.333. The van der Waals surface area contributed by atoms with Crippen LogP contribution in [0.15, 0.2) is 53.1 Å². The van der Waals surface area contributed by atoms with Gasteiger partial charge in [-0.15, -0.1) is 0 Å². The Kier molecular flexibility index (Phi) is 5.07. The molecule has 1 aromatic carbocycles. The lowest BCUT2D eigenvalue weighted by Gasteiger charge is -2.36. The number of hydrogen-bond acceptors (Lipinski definition) is 5. The molecule has 3 heterocycles. The van der Waals surface area contributed by atoms with Crippen molar-refractivity contribution < 1.29 is 9.21 Å². The maximum atomic E-state index is 11.9. The van der Waals surface area contributed by atoms with Gasteiger partial charge in [0.15, 0.2) is 11.3 Å². The number of carbonyl (C=O) groups is 1. The van der Waals surface area contributed by atoms with Crippen LogP contribution in [-0.2, 0) is 6.42 Å². The summed E-state index contributed by atoms with van der Waals surface area (Å²) in [5.74, 6) is 0.158. The summed E-state index contributed by atoms with van der Waals surface area (Å²) < 4.78 is 5.86. The van der Waals surface area contributed by atoms with E-state index in [0.29, 0.717) is 5.76 Å². The Hall–Kier alpha value is -2.86. The summed E-state index contributed by atoms with van der Waals surface area (Å²) in [7, 11) is 1.61. The molecule has 1 fully saturated rings. The Morgan fingerprint density at radius 2 is 2.00 bits per heavy atom. The Bertz CT molecular complexity index is 914. The highest BCUT2D eigenvalue weighted by Crippen LogP contribution is 2.30. The number of piperazine rings is 1. The summed E-state index contributed by atoms with van der Waals surface area (Å²) in [6.07, 6.45) is 2.83. The highest BCUT2D eigenvalue weighted by Gasteiger charge is 2.21. The molecule has 0 atom stereocenters. The first-order valence-corrected chi connectivity index (χ1v) is 9.36. The van der Waals surface area contributed by atoms with Gasteiger partial charge in [-0.3, -0.25) is 14.7 Å². The lowest BCUT2D eigenvalue weighted by Crippen LogP contribution is -2.47. The zero-order valence-electron chi connectivity index (χ0n) is 15.5. The predicted octanol–water partition coefficient (Wildman–Crippen LogP) is 2.55. The molecule has 4 rings (SSSR count). The normalized spacial score (nSPS) is 15.2. The third-order valence-electron chi connectivity index (χ3n) is 5.10. The van der Waals surface area contributed by atoms with Crippen LogP contribution in [0.25, 0.3) is 11.0 Å². The lowest BCUT2D eigenvalue weighted by atomic mass is 10.2. The fourth-order valence-corrected chi connectivity index (χ4v) is 3.56. The van der Waals surface area contributed by atoms with Crippen molar-refractivity contribution >= 4 is 22.6 Å². The average molecular weight is 364 g/mol. The van der Waals surface area contributed by atoms with Gasteiger partial charge >= 0.3 is 0 Å². The smallest absolute Gasteiger partial charge is 0.286 e. The van der Waals surface area contributed by atoms with E-state index in [1.807, 2.05) is 30.5 Å². The molecule has 1 amide bonds. The standard InChI is InChI=1S/C21H24N4O2/c1-22-21(26)19-15-16-5-4-7-18(20(16)27-19)25-13-11-24(12-14-25)10-8-17-6-2-3-9-23-17/h2-7,9,15H,8,10-14H2,1H3,(H,22,26). The van der Waals surface area contributed by atoms with E-state index in [0.717, 1.165) is 61.5 Å². The van der Waals surface area contributed by atoms with E-state index >= 15 is 0 Å². The first-order valence-electron chi connectivity index (χ1n) is 9.36. The van der Waals surface area contributed by atoms with Crippen LogP contribution in [0.4, 0.5) is 5.69 Å². The Labute approximate surface area is 158 Å². The number of pyridine rings is 1. The number of rotatable bonds is 5. The van der Waals surface area contributed by atoms with Gasteiger partial charge in [-0.2, -0.15) is 0 Å². The van der Waals surface area contributed by atoms with Crippen molar-refractivity contribution in [3.05, 3.63) is 60.1 Å². The number of amides is 1. The molecule has 6 nitrogen and oxygen atoms in total. The number of para-hydroxylation sites is 1. The number of hydrogen-bond donors (Lipinski definition) is 1. The Morgan fingerprint density at radius 1 is 1.15 bits per heavy atom. The molecular formula is C21H24N4O2. The molecule has 0 bridgehead atoms. The van der Waals surface area contributed by atoms with Crippen molar-refractivity contribution in [3.8, 4) is 0 Å². The van der Waals surface area contributed by atoms with Crippen molar-refractivity contribution in [1.82, 2.24) is 15.2 Å². The molecule has 0 unspecified atom stereocenters. The summed E-state index contributed by atoms with van der Waals surface area (Å²) in [5, 5.41) is 3.58. The number of aromatic nitrogens is 1. The van der Waals surface area contributed by atoms with Crippen molar-refractivity contribution in [2.45, 2.75) is 6.42 Å². The van der Waals surface area contributed by atoms with Crippen LogP contribution >= 0.6 is 0 Å². The highest BCUT2D eigenvalue weighted by molar-refractivity contribution is 5.99. The number of benzene rings is 1. The number of furan rings is 1. The molecule has 0 spiro atoms. The van der Waals surface area contributed by atoms with Gasteiger partial charge in [0.2, 0.25) is 0 Å². The van der Waals surface area contributed by atoms with Gasteiger partial charge in [0.1, 0.15) is 0 Å².